The Morgan fingerprint density at radius 1 is 1.37 bits per heavy atom. The molecular formula is C12H22N2O4S. The summed E-state index contributed by atoms with van der Waals surface area (Å²) in [6.45, 7) is 4.64. The van der Waals surface area contributed by atoms with Crippen LogP contribution in [0.3, 0.4) is 0 Å². The third kappa shape index (κ3) is 2.75. The first-order valence-electron chi connectivity index (χ1n) is 6.64. The van der Waals surface area contributed by atoms with Gasteiger partial charge in [0.25, 0.3) is 0 Å². The molecule has 0 amide bonds. The molecule has 110 valence electrons. The summed E-state index contributed by atoms with van der Waals surface area (Å²) in [6.07, 6.45) is -3.17. The third-order valence-electron chi connectivity index (χ3n) is 3.69. The highest BCUT2D eigenvalue weighted by Crippen LogP contribution is 2.38. The molecule has 19 heavy (non-hydrogen) atoms. The number of hydrogen-bond acceptors (Lipinski definition) is 7. The fourth-order valence-electron chi connectivity index (χ4n) is 2.24. The van der Waals surface area contributed by atoms with Crippen LogP contribution in [0.15, 0.2) is 4.99 Å². The van der Waals surface area contributed by atoms with Crippen LogP contribution >= 0.6 is 11.8 Å². The molecule has 6 atom stereocenters. The summed E-state index contributed by atoms with van der Waals surface area (Å²) in [5.41, 5.74) is -0.339. The lowest BCUT2D eigenvalue weighted by atomic mass is 9.94. The molecule has 0 radical (unpaired) electrons. The van der Waals surface area contributed by atoms with Crippen molar-refractivity contribution in [2.24, 2.45) is 4.99 Å². The van der Waals surface area contributed by atoms with Gasteiger partial charge in [-0.3, -0.25) is 4.99 Å². The van der Waals surface area contributed by atoms with E-state index < -0.39 is 30.5 Å². The van der Waals surface area contributed by atoms with Gasteiger partial charge in [-0.25, -0.2) is 0 Å². The Morgan fingerprint density at radius 2 is 2.05 bits per heavy atom. The molecule has 0 saturated carbocycles. The van der Waals surface area contributed by atoms with E-state index in [0.717, 1.165) is 11.7 Å². The molecule has 3 N–H and O–H groups in total. The Kier molecular flexibility index (Phi) is 4.73. The van der Waals surface area contributed by atoms with E-state index in [2.05, 4.69) is 4.99 Å². The van der Waals surface area contributed by atoms with E-state index in [1.165, 1.54) is 11.8 Å². The number of aliphatic hydroxyl groups excluding tert-OH is 3. The molecule has 0 bridgehead atoms. The first kappa shape index (κ1) is 15.1. The number of nitrogens with zero attached hydrogens (tertiary/aromatic N) is 2. The maximum Gasteiger partial charge on any atom is 0.162 e. The second kappa shape index (κ2) is 5.97. The zero-order chi connectivity index (χ0) is 14.2. The second-order valence-corrected chi connectivity index (χ2v) is 6.03. The molecule has 1 saturated heterocycles. The fraction of sp³-hybridized carbons (Fsp3) is 0.917. The zero-order valence-corrected chi connectivity index (χ0v) is 12.2. The summed E-state index contributed by atoms with van der Waals surface area (Å²) in [5.74, 6) is 0. The van der Waals surface area contributed by atoms with Gasteiger partial charge in [0, 0.05) is 13.6 Å². The molecule has 0 aliphatic carbocycles. The number of thioether (sulfide) groups is 1. The van der Waals surface area contributed by atoms with Gasteiger partial charge >= 0.3 is 0 Å². The van der Waals surface area contributed by atoms with Gasteiger partial charge in [0.15, 0.2) is 5.17 Å². The predicted octanol–water partition coefficient (Wildman–Crippen LogP) is -0.373. The van der Waals surface area contributed by atoms with Gasteiger partial charge in [-0.1, -0.05) is 18.7 Å². The standard InChI is InChI=1S/C12H22N2O4S/c1-4-6(15)10-9(17)8(16)7-11(18-10)19-12(13-7)14(3)5-2/h6-11,15-17H,4-5H2,1-3H3/t6-,7-,8-,9+,10-,11?/m1/s1. The van der Waals surface area contributed by atoms with Crippen molar-refractivity contribution in [3.8, 4) is 0 Å². The van der Waals surface area contributed by atoms with Crippen LogP contribution in [0, 0.1) is 0 Å². The number of aliphatic imine (C=N–C) groups is 1. The first-order chi connectivity index (χ1) is 8.99. The maximum absolute atomic E-state index is 10.2. The number of amidine groups is 1. The van der Waals surface area contributed by atoms with Crippen molar-refractivity contribution < 1.29 is 20.1 Å². The van der Waals surface area contributed by atoms with Gasteiger partial charge in [-0.05, 0) is 13.3 Å². The largest absolute Gasteiger partial charge is 0.390 e. The van der Waals surface area contributed by atoms with Crippen molar-refractivity contribution in [3.05, 3.63) is 0 Å². The van der Waals surface area contributed by atoms with Crippen molar-refractivity contribution >= 4 is 16.9 Å². The van der Waals surface area contributed by atoms with Crippen LogP contribution in [0.4, 0.5) is 0 Å². The lowest BCUT2D eigenvalue weighted by Crippen LogP contribution is -2.58. The Morgan fingerprint density at radius 3 is 2.63 bits per heavy atom. The van der Waals surface area contributed by atoms with Gasteiger partial charge in [0.1, 0.15) is 29.8 Å². The van der Waals surface area contributed by atoms with Gasteiger partial charge in [0.2, 0.25) is 0 Å². The van der Waals surface area contributed by atoms with Crippen molar-refractivity contribution in [2.45, 2.75) is 56.2 Å². The Bertz CT molecular complexity index is 355. The minimum absolute atomic E-state index is 0.339. The summed E-state index contributed by atoms with van der Waals surface area (Å²) in [7, 11) is 1.92. The van der Waals surface area contributed by atoms with Crippen LogP contribution in [0.5, 0.6) is 0 Å². The van der Waals surface area contributed by atoms with E-state index in [1.807, 2.05) is 25.8 Å². The molecule has 2 heterocycles. The molecule has 2 rings (SSSR count). The van der Waals surface area contributed by atoms with Crippen molar-refractivity contribution in [1.29, 1.82) is 0 Å². The third-order valence-corrected chi connectivity index (χ3v) is 4.94. The minimum atomic E-state index is -1.10. The highest BCUT2D eigenvalue weighted by atomic mass is 32.2. The lowest BCUT2D eigenvalue weighted by molar-refractivity contribution is -0.185. The number of fused-ring (bicyclic) bond motifs is 1. The molecule has 1 unspecified atom stereocenters. The summed E-state index contributed by atoms with van der Waals surface area (Å²) in [6, 6.07) is -0.468. The molecule has 6 nitrogen and oxygen atoms in total. The van der Waals surface area contributed by atoms with Gasteiger partial charge < -0.3 is 25.0 Å². The Labute approximate surface area is 117 Å². The molecule has 0 spiro atoms. The van der Waals surface area contributed by atoms with Crippen molar-refractivity contribution in [2.75, 3.05) is 13.6 Å². The zero-order valence-electron chi connectivity index (χ0n) is 11.4. The molecule has 0 aromatic heterocycles. The molecule has 2 aliphatic heterocycles. The second-order valence-electron chi connectivity index (χ2n) is 4.96. The summed E-state index contributed by atoms with van der Waals surface area (Å²) in [4.78, 5) is 6.39. The number of rotatable bonds is 3. The highest BCUT2D eigenvalue weighted by Gasteiger charge is 2.50. The SMILES string of the molecule is CC[C@@H](O)[C@H]1OC2SC(N(C)CC)=N[C@@H]2[C@@H](O)[C@@H]1O. The van der Waals surface area contributed by atoms with Gasteiger partial charge in [0.05, 0.1) is 6.10 Å². The average molecular weight is 290 g/mol. The quantitative estimate of drug-likeness (QED) is 0.657. The van der Waals surface area contributed by atoms with Crippen LogP contribution in [-0.2, 0) is 4.74 Å². The molecule has 0 aromatic rings. The predicted molar refractivity (Wildman–Crippen MR) is 74.1 cm³/mol. The van der Waals surface area contributed by atoms with Crippen molar-refractivity contribution in [3.63, 3.8) is 0 Å². The summed E-state index contributed by atoms with van der Waals surface area (Å²) < 4.78 is 5.73. The molecule has 7 heteroatoms. The van der Waals surface area contributed by atoms with E-state index in [4.69, 9.17) is 4.74 Å². The normalized spacial score (nSPS) is 39.7. The van der Waals surface area contributed by atoms with Gasteiger partial charge in [-0.2, -0.15) is 0 Å². The Hall–Kier alpha value is -0.340. The lowest BCUT2D eigenvalue weighted by Gasteiger charge is -2.40. The van der Waals surface area contributed by atoms with E-state index in [-0.39, 0.29) is 5.44 Å². The van der Waals surface area contributed by atoms with E-state index in [0.29, 0.717) is 6.42 Å². The molecule has 0 aromatic carbocycles. The van der Waals surface area contributed by atoms with E-state index >= 15 is 0 Å². The van der Waals surface area contributed by atoms with Crippen LogP contribution < -0.4 is 0 Å². The fourth-order valence-corrected chi connectivity index (χ4v) is 3.49. The highest BCUT2D eigenvalue weighted by molar-refractivity contribution is 8.14. The molecule has 1 fully saturated rings. The van der Waals surface area contributed by atoms with Crippen molar-refractivity contribution in [1.82, 2.24) is 4.90 Å². The topological polar surface area (TPSA) is 85.5 Å². The number of ether oxygens (including phenoxy) is 1. The summed E-state index contributed by atoms with van der Waals surface area (Å²) in [5, 5.41) is 30.9. The monoisotopic (exact) mass is 290 g/mol. The summed E-state index contributed by atoms with van der Waals surface area (Å²) >= 11 is 1.44. The smallest absolute Gasteiger partial charge is 0.162 e. The minimum Gasteiger partial charge on any atom is -0.390 e. The average Bonchev–Trinajstić information content (AvgIpc) is 2.85. The van der Waals surface area contributed by atoms with Gasteiger partial charge in [-0.15, -0.1) is 0 Å². The van der Waals surface area contributed by atoms with Crippen LogP contribution in [0.2, 0.25) is 0 Å². The van der Waals surface area contributed by atoms with Crippen LogP contribution in [0.25, 0.3) is 0 Å². The maximum atomic E-state index is 10.2. The van der Waals surface area contributed by atoms with E-state index in [1.54, 1.807) is 0 Å². The molecule has 2 aliphatic rings. The number of aliphatic hydroxyl groups is 3. The Balaban J connectivity index is 2.12. The molecular weight excluding hydrogens is 268 g/mol. The van der Waals surface area contributed by atoms with Crippen LogP contribution in [-0.4, -0.2) is 74.9 Å². The van der Waals surface area contributed by atoms with Crippen LogP contribution in [0.1, 0.15) is 20.3 Å². The number of hydrogen-bond donors (Lipinski definition) is 3. The van der Waals surface area contributed by atoms with E-state index in [9.17, 15) is 15.3 Å². The first-order valence-corrected chi connectivity index (χ1v) is 7.52.